The molecular formula is C12H15ClO2. The molecule has 0 atom stereocenters. The molecule has 0 aromatic heterocycles. The first kappa shape index (κ1) is 13.7. The van der Waals surface area contributed by atoms with Crippen molar-refractivity contribution in [1.29, 1.82) is 0 Å². The van der Waals surface area contributed by atoms with Gasteiger partial charge in [-0.05, 0) is 12.5 Å². The van der Waals surface area contributed by atoms with E-state index in [2.05, 4.69) is 11.3 Å². The van der Waals surface area contributed by atoms with Crippen molar-refractivity contribution in [2.24, 2.45) is 0 Å². The molecule has 0 unspecified atom stereocenters. The summed E-state index contributed by atoms with van der Waals surface area (Å²) in [7, 11) is 0. The SMILES string of the molecule is C=CC(=O)OCC.ClCc1ccccc1. The van der Waals surface area contributed by atoms with E-state index in [0.29, 0.717) is 12.5 Å². The van der Waals surface area contributed by atoms with E-state index in [9.17, 15) is 4.79 Å². The summed E-state index contributed by atoms with van der Waals surface area (Å²) in [4.78, 5) is 10.1. The van der Waals surface area contributed by atoms with Gasteiger partial charge in [-0.2, -0.15) is 0 Å². The monoisotopic (exact) mass is 226 g/mol. The third-order valence-electron chi connectivity index (χ3n) is 1.45. The molecule has 0 aliphatic heterocycles. The van der Waals surface area contributed by atoms with Gasteiger partial charge < -0.3 is 4.74 Å². The molecule has 0 amide bonds. The second-order valence-electron chi connectivity index (χ2n) is 2.58. The van der Waals surface area contributed by atoms with E-state index in [1.807, 2.05) is 30.3 Å². The molecule has 2 nitrogen and oxygen atoms in total. The highest BCUT2D eigenvalue weighted by Crippen LogP contribution is 2.00. The van der Waals surface area contributed by atoms with Gasteiger partial charge in [-0.15, -0.1) is 11.6 Å². The standard InChI is InChI=1S/C7H7Cl.C5H8O2/c8-6-7-4-2-1-3-5-7;1-3-5(6)7-4-2/h1-5H,6H2;3H,1,4H2,2H3. The van der Waals surface area contributed by atoms with Crippen molar-refractivity contribution in [2.75, 3.05) is 6.61 Å². The fourth-order valence-electron chi connectivity index (χ4n) is 0.768. The van der Waals surface area contributed by atoms with Gasteiger partial charge in [0.2, 0.25) is 0 Å². The van der Waals surface area contributed by atoms with Crippen molar-refractivity contribution in [2.45, 2.75) is 12.8 Å². The van der Waals surface area contributed by atoms with E-state index < -0.39 is 0 Å². The first-order valence-electron chi connectivity index (χ1n) is 4.63. The van der Waals surface area contributed by atoms with Gasteiger partial charge in [0.05, 0.1) is 6.61 Å². The van der Waals surface area contributed by atoms with E-state index in [4.69, 9.17) is 11.6 Å². The van der Waals surface area contributed by atoms with Gasteiger partial charge in [-0.25, -0.2) is 4.79 Å². The van der Waals surface area contributed by atoms with Crippen LogP contribution in [-0.2, 0) is 15.4 Å². The molecule has 0 aliphatic rings. The van der Waals surface area contributed by atoms with Gasteiger partial charge in [-0.3, -0.25) is 0 Å². The Hall–Kier alpha value is -1.28. The molecule has 0 heterocycles. The van der Waals surface area contributed by atoms with Crippen LogP contribution in [0, 0.1) is 0 Å². The first-order valence-corrected chi connectivity index (χ1v) is 5.17. The maximum Gasteiger partial charge on any atom is 0.330 e. The van der Waals surface area contributed by atoms with Crippen LogP contribution in [0.25, 0.3) is 0 Å². The van der Waals surface area contributed by atoms with Gasteiger partial charge in [0.1, 0.15) is 0 Å². The minimum absolute atomic E-state index is 0.359. The van der Waals surface area contributed by atoms with Crippen molar-refractivity contribution in [1.82, 2.24) is 0 Å². The number of carbonyl (C=O) groups is 1. The molecule has 1 aromatic carbocycles. The van der Waals surface area contributed by atoms with Crippen LogP contribution in [0.4, 0.5) is 0 Å². The predicted octanol–water partition coefficient (Wildman–Crippen LogP) is 3.16. The van der Waals surface area contributed by atoms with Gasteiger partial charge in [0.25, 0.3) is 0 Å². The number of hydrogen-bond acceptors (Lipinski definition) is 2. The van der Waals surface area contributed by atoms with Crippen molar-refractivity contribution in [3.05, 3.63) is 48.6 Å². The highest BCUT2D eigenvalue weighted by atomic mass is 35.5. The summed E-state index contributed by atoms with van der Waals surface area (Å²) in [5.74, 6) is 0.253. The number of rotatable bonds is 3. The number of hydrogen-bond donors (Lipinski definition) is 0. The van der Waals surface area contributed by atoms with Crippen molar-refractivity contribution >= 4 is 17.6 Å². The highest BCUT2D eigenvalue weighted by Gasteiger charge is 1.86. The predicted molar refractivity (Wildman–Crippen MR) is 62.8 cm³/mol. The maximum absolute atomic E-state index is 10.1. The van der Waals surface area contributed by atoms with Crippen molar-refractivity contribution < 1.29 is 9.53 Å². The van der Waals surface area contributed by atoms with Crippen LogP contribution in [0.5, 0.6) is 0 Å². The number of esters is 1. The summed E-state index contributed by atoms with van der Waals surface area (Å²) in [5, 5.41) is 0. The molecule has 0 saturated heterocycles. The minimum Gasteiger partial charge on any atom is -0.463 e. The zero-order valence-corrected chi connectivity index (χ0v) is 9.54. The highest BCUT2D eigenvalue weighted by molar-refractivity contribution is 6.17. The van der Waals surface area contributed by atoms with Crippen LogP contribution < -0.4 is 0 Å². The Morgan fingerprint density at radius 2 is 2.07 bits per heavy atom. The number of ether oxygens (including phenoxy) is 1. The Kier molecular flexibility index (Phi) is 8.49. The first-order chi connectivity index (χ1) is 7.24. The van der Waals surface area contributed by atoms with Gasteiger partial charge in [0, 0.05) is 12.0 Å². The van der Waals surface area contributed by atoms with E-state index in [0.717, 1.165) is 6.08 Å². The topological polar surface area (TPSA) is 26.3 Å². The minimum atomic E-state index is -0.359. The Morgan fingerprint density at radius 1 is 1.47 bits per heavy atom. The molecule has 82 valence electrons. The molecule has 0 fully saturated rings. The molecule has 0 saturated carbocycles. The maximum atomic E-state index is 10.1. The molecule has 0 aliphatic carbocycles. The molecule has 0 radical (unpaired) electrons. The Labute approximate surface area is 95.5 Å². The Bertz CT molecular complexity index is 283. The van der Waals surface area contributed by atoms with Gasteiger partial charge in [-0.1, -0.05) is 36.9 Å². The smallest absolute Gasteiger partial charge is 0.330 e. The Morgan fingerprint density at radius 3 is 2.33 bits per heavy atom. The van der Waals surface area contributed by atoms with Gasteiger partial charge >= 0.3 is 5.97 Å². The summed E-state index contributed by atoms with van der Waals surface area (Å²) in [6.07, 6.45) is 1.14. The molecule has 15 heavy (non-hydrogen) atoms. The van der Waals surface area contributed by atoms with Crippen LogP contribution in [0.1, 0.15) is 12.5 Å². The molecule has 1 aromatic rings. The third-order valence-corrected chi connectivity index (χ3v) is 1.76. The summed E-state index contributed by atoms with van der Waals surface area (Å²) in [5.41, 5.74) is 1.18. The summed E-state index contributed by atoms with van der Waals surface area (Å²) in [6.45, 7) is 5.38. The van der Waals surface area contributed by atoms with Crippen LogP contribution in [-0.4, -0.2) is 12.6 Å². The second kappa shape index (κ2) is 9.28. The van der Waals surface area contributed by atoms with Gasteiger partial charge in [0.15, 0.2) is 0 Å². The fraction of sp³-hybridized carbons (Fsp3) is 0.250. The van der Waals surface area contributed by atoms with E-state index in [1.165, 1.54) is 5.56 Å². The average molecular weight is 227 g/mol. The molecule has 0 bridgehead atoms. The van der Waals surface area contributed by atoms with Crippen LogP contribution in [0.2, 0.25) is 0 Å². The summed E-state index contributed by atoms with van der Waals surface area (Å²) in [6, 6.07) is 9.96. The molecule has 1 rings (SSSR count). The van der Waals surface area contributed by atoms with Crippen molar-refractivity contribution in [3.63, 3.8) is 0 Å². The largest absolute Gasteiger partial charge is 0.463 e. The number of benzene rings is 1. The normalized spacial score (nSPS) is 8.40. The second-order valence-corrected chi connectivity index (χ2v) is 2.84. The number of carbonyl (C=O) groups excluding carboxylic acids is 1. The van der Waals surface area contributed by atoms with Crippen LogP contribution in [0.15, 0.2) is 43.0 Å². The number of alkyl halides is 1. The summed E-state index contributed by atoms with van der Waals surface area (Å²) >= 11 is 5.53. The number of halogens is 1. The molecule has 3 heteroatoms. The quantitative estimate of drug-likeness (QED) is 0.450. The van der Waals surface area contributed by atoms with E-state index in [1.54, 1.807) is 6.92 Å². The summed E-state index contributed by atoms with van der Waals surface area (Å²) < 4.78 is 4.43. The lowest BCUT2D eigenvalue weighted by atomic mass is 10.2. The molecule has 0 N–H and O–H groups in total. The molecule has 0 spiro atoms. The van der Waals surface area contributed by atoms with E-state index >= 15 is 0 Å². The Balaban J connectivity index is 0.000000265. The zero-order chi connectivity index (χ0) is 11.5. The molecular weight excluding hydrogens is 212 g/mol. The van der Waals surface area contributed by atoms with Crippen LogP contribution in [0.3, 0.4) is 0 Å². The van der Waals surface area contributed by atoms with Crippen LogP contribution >= 0.6 is 11.6 Å². The lowest BCUT2D eigenvalue weighted by Crippen LogP contribution is -1.97. The van der Waals surface area contributed by atoms with E-state index in [-0.39, 0.29) is 5.97 Å². The lowest BCUT2D eigenvalue weighted by molar-refractivity contribution is -0.137. The average Bonchev–Trinajstić information content (AvgIpc) is 2.31. The van der Waals surface area contributed by atoms with Crippen molar-refractivity contribution in [3.8, 4) is 0 Å². The zero-order valence-electron chi connectivity index (χ0n) is 8.78. The fourth-order valence-corrected chi connectivity index (χ4v) is 0.946. The third kappa shape index (κ3) is 7.77. The lowest BCUT2D eigenvalue weighted by Gasteiger charge is -1.90.